The molecule has 0 atom stereocenters. The van der Waals surface area contributed by atoms with Gasteiger partial charge in [-0.2, -0.15) is 0 Å². The van der Waals surface area contributed by atoms with Gasteiger partial charge in [-0.3, -0.25) is 9.59 Å². The summed E-state index contributed by atoms with van der Waals surface area (Å²) in [6.07, 6.45) is 5.80. The van der Waals surface area contributed by atoms with Gasteiger partial charge in [0.05, 0.1) is 26.7 Å². The Morgan fingerprint density at radius 2 is 1.96 bits per heavy atom. The Labute approximate surface area is 161 Å². The first-order valence-corrected chi connectivity index (χ1v) is 9.50. The molecule has 6 heteroatoms. The summed E-state index contributed by atoms with van der Waals surface area (Å²) in [4.78, 5) is 25.9. The van der Waals surface area contributed by atoms with Crippen LogP contribution in [0.3, 0.4) is 0 Å². The van der Waals surface area contributed by atoms with E-state index in [1.807, 2.05) is 25.1 Å². The number of hydrogen-bond acceptors (Lipinski definition) is 5. The average Bonchev–Trinajstić information content (AvgIpc) is 3.48. The van der Waals surface area contributed by atoms with Crippen molar-refractivity contribution in [3.63, 3.8) is 0 Å². The number of ether oxygens (including phenoxy) is 3. The first-order chi connectivity index (χ1) is 13.1. The minimum absolute atomic E-state index is 0.0981. The van der Waals surface area contributed by atoms with Crippen molar-refractivity contribution in [2.45, 2.75) is 33.1 Å². The number of esters is 1. The van der Waals surface area contributed by atoms with Crippen molar-refractivity contribution in [1.82, 2.24) is 4.90 Å². The van der Waals surface area contributed by atoms with Gasteiger partial charge in [0, 0.05) is 19.2 Å². The average molecular weight is 375 g/mol. The number of nitrogens with zero attached hydrogens (tertiary/aromatic N) is 1. The van der Waals surface area contributed by atoms with Crippen LogP contribution in [0, 0.1) is 5.92 Å². The van der Waals surface area contributed by atoms with Crippen LogP contribution in [0.1, 0.15) is 38.7 Å². The molecule has 0 unspecified atom stereocenters. The highest BCUT2D eigenvalue weighted by molar-refractivity contribution is 5.92. The maximum absolute atomic E-state index is 12.6. The smallest absolute Gasteiger partial charge is 0.307 e. The van der Waals surface area contributed by atoms with Crippen molar-refractivity contribution in [2.75, 3.05) is 33.4 Å². The van der Waals surface area contributed by atoms with E-state index < -0.39 is 0 Å². The lowest BCUT2D eigenvalue weighted by Crippen LogP contribution is -2.33. The lowest BCUT2D eigenvalue weighted by atomic mass is 10.2. The standard InChI is InChI=1S/C21H29NO5/c1-4-26-18-10-8-16(14-19(18)25-3)9-11-20(23)22(15-17-6-7-17)13-12-21(24)27-5-2/h8-11,14,17H,4-7,12-13,15H2,1-3H3/b11-9+. The molecule has 0 radical (unpaired) electrons. The summed E-state index contributed by atoms with van der Waals surface area (Å²) in [6, 6.07) is 5.54. The Morgan fingerprint density at radius 3 is 2.59 bits per heavy atom. The summed E-state index contributed by atoms with van der Waals surface area (Å²) in [7, 11) is 1.59. The molecule has 1 aliphatic carbocycles. The Hall–Kier alpha value is -2.50. The highest BCUT2D eigenvalue weighted by Crippen LogP contribution is 2.30. The number of carbonyl (C=O) groups excluding carboxylic acids is 2. The summed E-state index contributed by atoms with van der Waals surface area (Å²) < 4.78 is 15.8. The van der Waals surface area contributed by atoms with Crippen LogP contribution in [0.25, 0.3) is 6.08 Å². The van der Waals surface area contributed by atoms with Gasteiger partial charge in [-0.05, 0) is 56.4 Å². The number of benzene rings is 1. The second kappa shape index (κ2) is 10.6. The van der Waals surface area contributed by atoms with Gasteiger partial charge in [0.25, 0.3) is 0 Å². The van der Waals surface area contributed by atoms with Crippen LogP contribution >= 0.6 is 0 Å². The fourth-order valence-corrected chi connectivity index (χ4v) is 2.70. The van der Waals surface area contributed by atoms with E-state index in [-0.39, 0.29) is 18.3 Å². The van der Waals surface area contributed by atoms with E-state index >= 15 is 0 Å². The predicted octanol–water partition coefficient (Wildman–Crippen LogP) is 3.30. The summed E-state index contributed by atoms with van der Waals surface area (Å²) in [5.74, 6) is 1.48. The molecule has 6 nitrogen and oxygen atoms in total. The highest BCUT2D eigenvalue weighted by atomic mass is 16.5. The quantitative estimate of drug-likeness (QED) is 0.439. The molecule has 0 aliphatic heterocycles. The van der Waals surface area contributed by atoms with Crippen LogP contribution < -0.4 is 9.47 Å². The molecule has 1 aliphatic rings. The van der Waals surface area contributed by atoms with E-state index in [1.54, 1.807) is 31.1 Å². The zero-order chi connectivity index (χ0) is 19.6. The highest BCUT2D eigenvalue weighted by Gasteiger charge is 2.26. The Morgan fingerprint density at radius 1 is 1.19 bits per heavy atom. The Kier molecular flexibility index (Phi) is 8.17. The molecule has 148 valence electrons. The van der Waals surface area contributed by atoms with Gasteiger partial charge in [-0.1, -0.05) is 6.07 Å². The Balaban J connectivity index is 2.01. The molecule has 2 rings (SSSR count). The Bertz CT molecular complexity index is 667. The third kappa shape index (κ3) is 6.96. The second-order valence-electron chi connectivity index (χ2n) is 6.46. The van der Waals surface area contributed by atoms with Crippen LogP contribution in [0.15, 0.2) is 24.3 Å². The lowest BCUT2D eigenvalue weighted by Gasteiger charge is -2.20. The van der Waals surface area contributed by atoms with E-state index in [0.29, 0.717) is 43.7 Å². The van der Waals surface area contributed by atoms with Gasteiger partial charge in [-0.25, -0.2) is 0 Å². The van der Waals surface area contributed by atoms with Crippen LogP contribution in [-0.2, 0) is 14.3 Å². The van der Waals surface area contributed by atoms with Crippen LogP contribution in [-0.4, -0.2) is 50.2 Å². The lowest BCUT2D eigenvalue weighted by molar-refractivity contribution is -0.143. The number of amides is 1. The molecule has 0 saturated heterocycles. The molecule has 1 amide bonds. The van der Waals surface area contributed by atoms with Crippen molar-refractivity contribution in [3.05, 3.63) is 29.8 Å². The maximum atomic E-state index is 12.6. The van der Waals surface area contributed by atoms with Crippen molar-refractivity contribution >= 4 is 18.0 Å². The first-order valence-electron chi connectivity index (χ1n) is 9.50. The van der Waals surface area contributed by atoms with E-state index in [9.17, 15) is 9.59 Å². The number of rotatable bonds is 11. The molecule has 1 fully saturated rings. The summed E-state index contributed by atoms with van der Waals surface area (Å²) in [6.45, 7) is 5.67. The number of methoxy groups -OCH3 is 1. The molecular formula is C21H29NO5. The summed E-state index contributed by atoms with van der Waals surface area (Å²) in [5.41, 5.74) is 0.848. The minimum Gasteiger partial charge on any atom is -0.493 e. The van der Waals surface area contributed by atoms with E-state index in [4.69, 9.17) is 14.2 Å². The summed E-state index contributed by atoms with van der Waals surface area (Å²) in [5, 5.41) is 0. The topological polar surface area (TPSA) is 65.1 Å². The molecule has 0 N–H and O–H groups in total. The van der Waals surface area contributed by atoms with Crippen LogP contribution in [0.5, 0.6) is 11.5 Å². The zero-order valence-corrected chi connectivity index (χ0v) is 16.4. The van der Waals surface area contributed by atoms with E-state index in [1.165, 1.54) is 0 Å². The fraction of sp³-hybridized carbons (Fsp3) is 0.524. The fourth-order valence-electron chi connectivity index (χ4n) is 2.70. The zero-order valence-electron chi connectivity index (χ0n) is 16.4. The van der Waals surface area contributed by atoms with Crippen molar-refractivity contribution in [3.8, 4) is 11.5 Å². The van der Waals surface area contributed by atoms with Gasteiger partial charge in [0.1, 0.15) is 0 Å². The molecule has 0 bridgehead atoms. The SMILES string of the molecule is CCOC(=O)CCN(CC1CC1)C(=O)/C=C/c1ccc(OCC)c(OC)c1. The molecule has 0 heterocycles. The van der Waals surface area contributed by atoms with Gasteiger partial charge >= 0.3 is 5.97 Å². The molecule has 1 saturated carbocycles. The van der Waals surface area contributed by atoms with Crippen molar-refractivity contribution < 1.29 is 23.8 Å². The van der Waals surface area contributed by atoms with Gasteiger partial charge in [-0.15, -0.1) is 0 Å². The van der Waals surface area contributed by atoms with Gasteiger partial charge in [0.2, 0.25) is 5.91 Å². The number of carbonyl (C=O) groups is 2. The number of hydrogen-bond donors (Lipinski definition) is 0. The molecule has 0 aromatic heterocycles. The maximum Gasteiger partial charge on any atom is 0.307 e. The molecule has 27 heavy (non-hydrogen) atoms. The summed E-state index contributed by atoms with van der Waals surface area (Å²) >= 11 is 0. The third-order valence-corrected chi connectivity index (χ3v) is 4.28. The monoisotopic (exact) mass is 375 g/mol. The van der Waals surface area contributed by atoms with E-state index in [0.717, 1.165) is 18.4 Å². The first kappa shape index (κ1) is 20.8. The predicted molar refractivity (Wildman–Crippen MR) is 104 cm³/mol. The normalized spacial score (nSPS) is 13.4. The largest absolute Gasteiger partial charge is 0.493 e. The van der Waals surface area contributed by atoms with Crippen LogP contribution in [0.2, 0.25) is 0 Å². The van der Waals surface area contributed by atoms with Gasteiger partial charge < -0.3 is 19.1 Å². The second-order valence-corrected chi connectivity index (χ2v) is 6.46. The molecule has 0 spiro atoms. The van der Waals surface area contributed by atoms with E-state index in [2.05, 4.69) is 0 Å². The van der Waals surface area contributed by atoms with Crippen LogP contribution in [0.4, 0.5) is 0 Å². The molecular weight excluding hydrogens is 346 g/mol. The minimum atomic E-state index is -0.272. The molecule has 1 aromatic rings. The molecule has 1 aromatic carbocycles. The third-order valence-electron chi connectivity index (χ3n) is 4.28. The van der Waals surface area contributed by atoms with Crippen molar-refractivity contribution in [2.24, 2.45) is 5.92 Å². The van der Waals surface area contributed by atoms with Gasteiger partial charge in [0.15, 0.2) is 11.5 Å². The van der Waals surface area contributed by atoms with Crippen molar-refractivity contribution in [1.29, 1.82) is 0 Å².